The van der Waals surface area contributed by atoms with Gasteiger partial charge >= 0.3 is 6.18 Å². The molecule has 0 fully saturated rings. The van der Waals surface area contributed by atoms with Crippen molar-refractivity contribution in [3.05, 3.63) is 36.0 Å². The summed E-state index contributed by atoms with van der Waals surface area (Å²) in [6.07, 6.45) is -2.50. The van der Waals surface area contributed by atoms with E-state index in [0.717, 1.165) is 11.0 Å². The van der Waals surface area contributed by atoms with Gasteiger partial charge in [0, 0.05) is 10.5 Å². The number of nitrogens with zero attached hydrogens (tertiary/aromatic N) is 1. The molecule has 6 heteroatoms. The molecule has 0 aliphatic rings. The zero-order valence-electron chi connectivity index (χ0n) is 8.88. The first kappa shape index (κ1) is 12.0. The number of H-pyrrole nitrogens is 1. The van der Waals surface area contributed by atoms with Crippen molar-refractivity contribution in [1.29, 1.82) is 0 Å². The van der Waals surface area contributed by atoms with E-state index >= 15 is 0 Å². The molecule has 2 nitrogen and oxygen atoms in total. The average Bonchev–Trinajstić information content (AvgIpc) is 2.78. The summed E-state index contributed by atoms with van der Waals surface area (Å²) in [4.78, 5) is 0.991. The smallest absolute Gasteiger partial charge is 0.277 e. The highest BCUT2D eigenvalue weighted by atomic mass is 32.2. The zero-order valence-corrected chi connectivity index (χ0v) is 9.69. The van der Waals surface area contributed by atoms with E-state index in [2.05, 4.69) is 10.2 Å². The highest BCUT2D eigenvalue weighted by Crippen LogP contribution is 2.31. The molecule has 0 saturated carbocycles. The molecule has 0 atom stereocenters. The second-order valence-corrected chi connectivity index (χ2v) is 4.28. The first-order valence-corrected chi connectivity index (χ1v) is 6.00. The van der Waals surface area contributed by atoms with Gasteiger partial charge in [0.25, 0.3) is 0 Å². The van der Waals surface area contributed by atoms with Crippen molar-refractivity contribution in [2.75, 3.05) is 6.26 Å². The van der Waals surface area contributed by atoms with Crippen LogP contribution >= 0.6 is 11.8 Å². The molecule has 0 aliphatic heterocycles. The monoisotopic (exact) mass is 258 g/mol. The van der Waals surface area contributed by atoms with Crippen molar-refractivity contribution in [1.82, 2.24) is 10.2 Å². The van der Waals surface area contributed by atoms with Gasteiger partial charge in [-0.1, -0.05) is 12.1 Å². The zero-order chi connectivity index (χ0) is 12.5. The van der Waals surface area contributed by atoms with Crippen molar-refractivity contribution >= 4 is 11.8 Å². The second kappa shape index (κ2) is 4.44. The van der Waals surface area contributed by atoms with Crippen LogP contribution in [0.4, 0.5) is 13.2 Å². The minimum absolute atomic E-state index is 0.369. The fraction of sp³-hybridized carbons (Fsp3) is 0.182. The summed E-state index contributed by atoms with van der Waals surface area (Å²) < 4.78 is 37.1. The number of hydrogen-bond donors (Lipinski definition) is 1. The molecular formula is C11H9F3N2S. The van der Waals surface area contributed by atoms with Crippen LogP contribution in [0.3, 0.4) is 0 Å². The lowest BCUT2D eigenvalue weighted by atomic mass is 10.1. The molecule has 0 amide bonds. The Kier molecular flexibility index (Phi) is 3.15. The van der Waals surface area contributed by atoms with Gasteiger partial charge in [-0.05, 0) is 24.5 Å². The molecule has 0 spiro atoms. The van der Waals surface area contributed by atoms with E-state index < -0.39 is 11.9 Å². The lowest BCUT2D eigenvalue weighted by Gasteiger charge is -2.00. The number of halogens is 3. The molecule has 0 bridgehead atoms. The van der Waals surface area contributed by atoms with Gasteiger partial charge in [-0.15, -0.1) is 11.8 Å². The number of hydrogen-bond acceptors (Lipinski definition) is 2. The summed E-state index contributed by atoms with van der Waals surface area (Å²) in [5, 5.41) is 5.66. The third-order valence-corrected chi connectivity index (χ3v) is 2.97. The van der Waals surface area contributed by atoms with Crippen LogP contribution in [0.25, 0.3) is 11.3 Å². The Morgan fingerprint density at radius 3 is 2.59 bits per heavy atom. The SMILES string of the molecule is CSc1cccc(-c2cc(C(F)(F)F)n[nH]2)c1. The Bertz CT molecular complexity index is 519. The predicted octanol–water partition coefficient (Wildman–Crippen LogP) is 3.82. The second-order valence-electron chi connectivity index (χ2n) is 3.40. The van der Waals surface area contributed by atoms with Crippen molar-refractivity contribution in [2.24, 2.45) is 0 Å². The summed E-state index contributed by atoms with van der Waals surface area (Å²) in [6, 6.07) is 8.27. The van der Waals surface area contributed by atoms with Crippen LogP contribution in [0.5, 0.6) is 0 Å². The number of thioether (sulfide) groups is 1. The van der Waals surface area contributed by atoms with Crippen LogP contribution < -0.4 is 0 Å². The van der Waals surface area contributed by atoms with Gasteiger partial charge in [0.1, 0.15) is 0 Å². The van der Waals surface area contributed by atoms with Crippen LogP contribution in [0.2, 0.25) is 0 Å². The molecule has 1 aromatic heterocycles. The van der Waals surface area contributed by atoms with Crippen LogP contribution in [0.15, 0.2) is 35.2 Å². The number of aromatic nitrogens is 2. The Morgan fingerprint density at radius 2 is 2.00 bits per heavy atom. The molecule has 0 aliphatic carbocycles. The lowest BCUT2D eigenvalue weighted by Crippen LogP contribution is -2.04. The van der Waals surface area contributed by atoms with Gasteiger partial charge in [0.2, 0.25) is 0 Å². The molecule has 2 aromatic rings. The van der Waals surface area contributed by atoms with E-state index in [4.69, 9.17) is 0 Å². The topological polar surface area (TPSA) is 28.7 Å². The predicted molar refractivity (Wildman–Crippen MR) is 60.8 cm³/mol. The number of aromatic amines is 1. The molecule has 0 unspecified atom stereocenters. The lowest BCUT2D eigenvalue weighted by molar-refractivity contribution is -0.141. The molecule has 1 N–H and O–H groups in total. The molecule has 0 saturated heterocycles. The molecular weight excluding hydrogens is 249 g/mol. The Labute approximate surface area is 100 Å². The maximum absolute atomic E-state index is 12.4. The van der Waals surface area contributed by atoms with Gasteiger partial charge in [0.15, 0.2) is 5.69 Å². The first-order chi connectivity index (χ1) is 8.00. The van der Waals surface area contributed by atoms with Gasteiger partial charge < -0.3 is 0 Å². The van der Waals surface area contributed by atoms with E-state index in [1.54, 1.807) is 12.1 Å². The summed E-state index contributed by atoms with van der Waals surface area (Å²) in [6.45, 7) is 0. The number of nitrogens with one attached hydrogen (secondary N) is 1. The van der Waals surface area contributed by atoms with Gasteiger partial charge in [-0.3, -0.25) is 5.10 Å². The van der Waals surface area contributed by atoms with Crippen LogP contribution in [-0.4, -0.2) is 16.5 Å². The van der Waals surface area contributed by atoms with Gasteiger partial charge in [-0.25, -0.2) is 0 Å². The summed E-state index contributed by atoms with van der Waals surface area (Å²) in [5.41, 5.74) is 0.162. The van der Waals surface area contributed by atoms with E-state index in [1.165, 1.54) is 11.8 Å². The Balaban J connectivity index is 2.37. The van der Waals surface area contributed by atoms with E-state index in [-0.39, 0.29) is 0 Å². The Hall–Kier alpha value is -1.43. The molecule has 1 heterocycles. The minimum atomic E-state index is -4.41. The molecule has 90 valence electrons. The number of rotatable bonds is 2. The molecule has 1 aromatic carbocycles. The molecule has 17 heavy (non-hydrogen) atoms. The summed E-state index contributed by atoms with van der Waals surface area (Å²) in [7, 11) is 0. The minimum Gasteiger partial charge on any atom is -0.277 e. The quantitative estimate of drug-likeness (QED) is 0.829. The van der Waals surface area contributed by atoms with Crippen LogP contribution in [0.1, 0.15) is 5.69 Å². The van der Waals surface area contributed by atoms with Crippen molar-refractivity contribution in [3.63, 3.8) is 0 Å². The third-order valence-electron chi connectivity index (χ3n) is 2.25. The maximum Gasteiger partial charge on any atom is 0.435 e. The van der Waals surface area contributed by atoms with Gasteiger partial charge in [0.05, 0.1) is 5.69 Å². The van der Waals surface area contributed by atoms with Gasteiger partial charge in [-0.2, -0.15) is 18.3 Å². The largest absolute Gasteiger partial charge is 0.435 e. The average molecular weight is 258 g/mol. The molecule has 0 radical (unpaired) electrons. The number of alkyl halides is 3. The standard InChI is InChI=1S/C11H9F3N2S/c1-17-8-4-2-3-7(5-8)9-6-10(16-15-9)11(12,13)14/h2-6H,1H3,(H,15,16). The van der Waals surface area contributed by atoms with Crippen LogP contribution in [0, 0.1) is 0 Å². The maximum atomic E-state index is 12.4. The highest BCUT2D eigenvalue weighted by molar-refractivity contribution is 7.98. The summed E-state index contributed by atoms with van der Waals surface area (Å²) >= 11 is 1.53. The normalized spacial score (nSPS) is 11.8. The van der Waals surface area contributed by atoms with E-state index in [0.29, 0.717) is 11.3 Å². The first-order valence-electron chi connectivity index (χ1n) is 4.78. The summed E-state index contributed by atoms with van der Waals surface area (Å²) in [5.74, 6) is 0. The van der Waals surface area contributed by atoms with E-state index in [1.807, 2.05) is 18.4 Å². The van der Waals surface area contributed by atoms with E-state index in [9.17, 15) is 13.2 Å². The molecule has 2 rings (SSSR count). The van der Waals surface area contributed by atoms with Crippen LogP contribution in [-0.2, 0) is 6.18 Å². The Morgan fingerprint density at radius 1 is 1.24 bits per heavy atom. The fourth-order valence-corrected chi connectivity index (χ4v) is 1.86. The third kappa shape index (κ3) is 2.63. The van der Waals surface area contributed by atoms with Crippen molar-refractivity contribution in [3.8, 4) is 11.3 Å². The number of benzene rings is 1. The fourth-order valence-electron chi connectivity index (χ4n) is 1.41. The highest BCUT2D eigenvalue weighted by Gasteiger charge is 2.33. The van der Waals surface area contributed by atoms with Crippen molar-refractivity contribution in [2.45, 2.75) is 11.1 Å². The van der Waals surface area contributed by atoms with Crippen molar-refractivity contribution < 1.29 is 13.2 Å².